The molecule has 1 aliphatic rings. The monoisotopic (exact) mass is 282 g/mol. The predicted octanol–water partition coefficient (Wildman–Crippen LogP) is 2.60. The van der Waals surface area contributed by atoms with Crippen LogP contribution < -0.4 is 10.6 Å². The van der Waals surface area contributed by atoms with E-state index in [0.29, 0.717) is 6.04 Å². The molecule has 2 atom stereocenters. The van der Waals surface area contributed by atoms with Crippen LogP contribution in [-0.2, 0) is 0 Å². The van der Waals surface area contributed by atoms with E-state index in [1.54, 1.807) is 0 Å². The molecule has 3 nitrogen and oxygen atoms in total. The van der Waals surface area contributed by atoms with Crippen molar-refractivity contribution in [3.8, 4) is 0 Å². The molecule has 0 bridgehead atoms. The molecular formula is C15H23ClN2O. The summed E-state index contributed by atoms with van der Waals surface area (Å²) >= 11 is 0. The minimum atomic E-state index is 0. The normalized spacial score (nSPS) is 22.5. The third kappa shape index (κ3) is 4.22. The van der Waals surface area contributed by atoms with E-state index in [1.165, 1.54) is 0 Å². The molecule has 1 aliphatic heterocycles. The maximum Gasteiger partial charge on any atom is 0.251 e. The molecule has 1 aromatic rings. The lowest BCUT2D eigenvalue weighted by atomic mass is 9.99. The first kappa shape index (κ1) is 16.0. The van der Waals surface area contributed by atoms with Crippen molar-refractivity contribution in [3.63, 3.8) is 0 Å². The zero-order valence-corrected chi connectivity index (χ0v) is 12.6. The van der Waals surface area contributed by atoms with Crippen molar-refractivity contribution in [2.45, 2.75) is 45.7 Å². The quantitative estimate of drug-likeness (QED) is 0.875. The Morgan fingerprint density at radius 3 is 2.47 bits per heavy atom. The van der Waals surface area contributed by atoms with E-state index < -0.39 is 0 Å². The Morgan fingerprint density at radius 1 is 1.26 bits per heavy atom. The van der Waals surface area contributed by atoms with Gasteiger partial charge in [-0.15, -0.1) is 12.4 Å². The topological polar surface area (TPSA) is 41.1 Å². The molecule has 0 radical (unpaired) electrons. The second kappa shape index (κ2) is 6.92. The fraction of sp³-hybridized carbons (Fsp3) is 0.533. The molecule has 19 heavy (non-hydrogen) atoms. The summed E-state index contributed by atoms with van der Waals surface area (Å²) in [5, 5.41) is 6.53. The van der Waals surface area contributed by atoms with Gasteiger partial charge in [0.2, 0.25) is 0 Å². The summed E-state index contributed by atoms with van der Waals surface area (Å²) in [5.41, 5.74) is 3.04. The van der Waals surface area contributed by atoms with Gasteiger partial charge in [0.1, 0.15) is 0 Å². The lowest BCUT2D eigenvalue weighted by Gasteiger charge is -2.30. The van der Waals surface area contributed by atoms with Crippen LogP contribution in [0.4, 0.5) is 0 Å². The lowest BCUT2D eigenvalue weighted by molar-refractivity contribution is 0.0919. The van der Waals surface area contributed by atoms with Gasteiger partial charge in [-0.3, -0.25) is 4.79 Å². The number of aryl methyl sites for hydroxylation is 2. The molecule has 106 valence electrons. The summed E-state index contributed by atoms with van der Waals surface area (Å²) < 4.78 is 0. The third-order valence-corrected chi connectivity index (χ3v) is 3.56. The van der Waals surface area contributed by atoms with Crippen molar-refractivity contribution in [2.75, 3.05) is 6.54 Å². The minimum Gasteiger partial charge on any atom is -0.348 e. The minimum absolute atomic E-state index is 0. The average molecular weight is 283 g/mol. The molecule has 1 amide bonds. The van der Waals surface area contributed by atoms with Gasteiger partial charge in [-0.2, -0.15) is 0 Å². The molecule has 0 aliphatic carbocycles. The number of piperidine rings is 1. The molecule has 0 spiro atoms. The second-order valence-corrected chi connectivity index (χ2v) is 5.34. The first-order chi connectivity index (χ1) is 8.56. The van der Waals surface area contributed by atoms with Crippen molar-refractivity contribution >= 4 is 18.3 Å². The standard InChI is InChI=1S/C15H22N2O.ClH/c1-10-7-11(2)9-13(8-10)15(18)17-14-5-4-6-16-12(14)3;/h7-9,12,14,16H,4-6H2,1-3H3,(H,17,18);1H. The molecule has 2 unspecified atom stereocenters. The zero-order valence-electron chi connectivity index (χ0n) is 11.8. The van der Waals surface area contributed by atoms with Gasteiger partial charge in [0.05, 0.1) is 0 Å². The van der Waals surface area contributed by atoms with E-state index in [4.69, 9.17) is 0 Å². The molecule has 1 fully saturated rings. The maximum absolute atomic E-state index is 12.2. The van der Waals surface area contributed by atoms with E-state index in [1.807, 2.05) is 26.0 Å². The Balaban J connectivity index is 0.00000180. The number of nitrogens with one attached hydrogen (secondary N) is 2. The van der Waals surface area contributed by atoms with Crippen LogP contribution >= 0.6 is 12.4 Å². The number of carbonyl (C=O) groups is 1. The van der Waals surface area contributed by atoms with Crippen LogP contribution in [0.15, 0.2) is 18.2 Å². The fourth-order valence-electron chi connectivity index (χ4n) is 2.60. The Bertz CT molecular complexity index is 428. The molecule has 1 aromatic carbocycles. The molecule has 1 saturated heterocycles. The highest BCUT2D eigenvalue weighted by Gasteiger charge is 2.22. The van der Waals surface area contributed by atoms with Crippen molar-refractivity contribution in [2.24, 2.45) is 0 Å². The summed E-state index contributed by atoms with van der Waals surface area (Å²) in [6.45, 7) is 7.23. The predicted molar refractivity (Wildman–Crippen MR) is 81.1 cm³/mol. The number of hydrogen-bond acceptors (Lipinski definition) is 2. The molecule has 1 heterocycles. The molecule has 2 N–H and O–H groups in total. The summed E-state index contributed by atoms with van der Waals surface area (Å²) in [5.74, 6) is 0.0438. The first-order valence-corrected chi connectivity index (χ1v) is 6.69. The van der Waals surface area contributed by atoms with E-state index in [-0.39, 0.29) is 24.4 Å². The van der Waals surface area contributed by atoms with E-state index >= 15 is 0 Å². The number of benzene rings is 1. The van der Waals surface area contributed by atoms with Crippen molar-refractivity contribution in [3.05, 3.63) is 34.9 Å². The lowest BCUT2D eigenvalue weighted by Crippen LogP contribution is -2.51. The van der Waals surface area contributed by atoms with Gasteiger partial charge in [0.15, 0.2) is 0 Å². The molecule has 0 saturated carbocycles. The Hall–Kier alpha value is -1.06. The van der Waals surface area contributed by atoms with Gasteiger partial charge in [-0.05, 0) is 52.3 Å². The number of carbonyl (C=O) groups excluding carboxylic acids is 1. The Labute approximate surface area is 121 Å². The Morgan fingerprint density at radius 2 is 1.89 bits per heavy atom. The number of rotatable bonds is 2. The van der Waals surface area contributed by atoms with Crippen LogP contribution in [0.3, 0.4) is 0 Å². The van der Waals surface area contributed by atoms with Gasteiger partial charge in [0.25, 0.3) is 5.91 Å². The van der Waals surface area contributed by atoms with Crippen LogP contribution in [0.1, 0.15) is 41.3 Å². The van der Waals surface area contributed by atoms with E-state index in [2.05, 4.69) is 23.6 Å². The van der Waals surface area contributed by atoms with Gasteiger partial charge >= 0.3 is 0 Å². The Kier molecular flexibility index (Phi) is 5.83. The first-order valence-electron chi connectivity index (χ1n) is 6.69. The second-order valence-electron chi connectivity index (χ2n) is 5.34. The van der Waals surface area contributed by atoms with Crippen molar-refractivity contribution in [1.29, 1.82) is 0 Å². The smallest absolute Gasteiger partial charge is 0.251 e. The molecule has 0 aromatic heterocycles. The highest BCUT2D eigenvalue weighted by Crippen LogP contribution is 2.12. The van der Waals surface area contributed by atoms with Gasteiger partial charge in [-0.25, -0.2) is 0 Å². The fourth-order valence-corrected chi connectivity index (χ4v) is 2.60. The van der Waals surface area contributed by atoms with Crippen molar-refractivity contribution in [1.82, 2.24) is 10.6 Å². The number of amides is 1. The van der Waals surface area contributed by atoms with E-state index in [9.17, 15) is 4.79 Å². The van der Waals surface area contributed by atoms with Crippen LogP contribution in [0, 0.1) is 13.8 Å². The van der Waals surface area contributed by atoms with Gasteiger partial charge in [0, 0.05) is 17.6 Å². The third-order valence-electron chi connectivity index (χ3n) is 3.56. The summed E-state index contributed by atoms with van der Waals surface area (Å²) in [6, 6.07) is 6.58. The van der Waals surface area contributed by atoms with Gasteiger partial charge in [-0.1, -0.05) is 17.2 Å². The van der Waals surface area contributed by atoms with Crippen LogP contribution in [0.25, 0.3) is 0 Å². The average Bonchev–Trinajstić information content (AvgIpc) is 2.31. The molecular weight excluding hydrogens is 260 g/mol. The highest BCUT2D eigenvalue weighted by atomic mass is 35.5. The van der Waals surface area contributed by atoms with Gasteiger partial charge < -0.3 is 10.6 Å². The van der Waals surface area contributed by atoms with Crippen LogP contribution in [0.2, 0.25) is 0 Å². The van der Waals surface area contributed by atoms with Crippen LogP contribution in [0.5, 0.6) is 0 Å². The van der Waals surface area contributed by atoms with Crippen molar-refractivity contribution < 1.29 is 4.79 Å². The highest BCUT2D eigenvalue weighted by molar-refractivity contribution is 5.94. The summed E-state index contributed by atoms with van der Waals surface area (Å²) in [7, 11) is 0. The zero-order chi connectivity index (χ0) is 13.1. The SMILES string of the molecule is Cc1cc(C)cc(C(=O)NC2CCCNC2C)c1.Cl. The maximum atomic E-state index is 12.2. The summed E-state index contributed by atoms with van der Waals surface area (Å²) in [4.78, 5) is 12.2. The summed E-state index contributed by atoms with van der Waals surface area (Å²) in [6.07, 6.45) is 2.19. The molecule has 4 heteroatoms. The largest absolute Gasteiger partial charge is 0.348 e. The number of halogens is 1. The van der Waals surface area contributed by atoms with E-state index in [0.717, 1.165) is 36.1 Å². The molecule has 2 rings (SSSR count). The van der Waals surface area contributed by atoms with Crippen LogP contribution in [-0.4, -0.2) is 24.5 Å². The number of hydrogen-bond donors (Lipinski definition) is 2.